The number of halogens is 1. The largest absolute Gasteiger partial charge is 0.367 e. The van der Waals surface area contributed by atoms with Crippen molar-refractivity contribution in [3.63, 3.8) is 0 Å². The second kappa shape index (κ2) is 7.25. The number of imidazole rings is 1. The predicted molar refractivity (Wildman–Crippen MR) is 107 cm³/mol. The molecule has 3 heterocycles. The fourth-order valence-corrected chi connectivity index (χ4v) is 3.68. The number of aromatic nitrogens is 3. The number of anilines is 1. The monoisotopic (exact) mass is 369 g/mol. The summed E-state index contributed by atoms with van der Waals surface area (Å²) in [6.45, 7) is 9.13. The number of nitrogens with one attached hydrogen (secondary N) is 1. The molecule has 4 rings (SSSR count). The topological polar surface area (TPSA) is 46.0 Å². The quantitative estimate of drug-likeness (QED) is 0.762. The van der Waals surface area contributed by atoms with E-state index in [4.69, 9.17) is 16.6 Å². The molecular weight excluding hydrogens is 346 g/mol. The zero-order valence-electron chi connectivity index (χ0n) is 15.2. The van der Waals surface area contributed by atoms with E-state index in [1.807, 2.05) is 18.3 Å². The molecule has 0 saturated carbocycles. The number of rotatable bonds is 4. The van der Waals surface area contributed by atoms with Crippen molar-refractivity contribution >= 4 is 28.5 Å². The van der Waals surface area contributed by atoms with Crippen LogP contribution in [0, 0.1) is 0 Å². The fraction of sp³-hybridized carbons (Fsp3) is 0.400. The molecule has 1 N–H and O–H groups in total. The Hall–Kier alpha value is -2.11. The van der Waals surface area contributed by atoms with Gasteiger partial charge in [-0.2, -0.15) is 0 Å². The molecule has 0 bridgehead atoms. The van der Waals surface area contributed by atoms with E-state index in [0.29, 0.717) is 5.92 Å². The van der Waals surface area contributed by atoms with Gasteiger partial charge < -0.3 is 14.8 Å². The number of nitrogens with zero attached hydrogens (tertiary/aromatic N) is 4. The Morgan fingerprint density at radius 2 is 1.85 bits per heavy atom. The summed E-state index contributed by atoms with van der Waals surface area (Å²) in [4.78, 5) is 12.1. The van der Waals surface area contributed by atoms with Gasteiger partial charge in [0.25, 0.3) is 0 Å². The lowest BCUT2D eigenvalue weighted by atomic mass is 10.2. The molecule has 0 aliphatic carbocycles. The molecule has 136 valence electrons. The Kier molecular flexibility index (Phi) is 4.83. The minimum absolute atomic E-state index is 0.326. The Morgan fingerprint density at radius 3 is 2.54 bits per heavy atom. The van der Waals surface area contributed by atoms with Crippen LogP contribution < -0.4 is 10.2 Å². The van der Waals surface area contributed by atoms with Crippen molar-refractivity contribution in [2.24, 2.45) is 0 Å². The van der Waals surface area contributed by atoms with Crippen LogP contribution in [0.15, 0.2) is 36.5 Å². The molecule has 1 aromatic carbocycles. The maximum absolute atomic E-state index is 6.03. The molecule has 5 nitrogen and oxygen atoms in total. The van der Waals surface area contributed by atoms with Gasteiger partial charge >= 0.3 is 0 Å². The van der Waals surface area contributed by atoms with Crippen LogP contribution in [-0.2, 0) is 6.54 Å². The molecule has 26 heavy (non-hydrogen) atoms. The predicted octanol–water partition coefficient (Wildman–Crippen LogP) is 3.67. The van der Waals surface area contributed by atoms with Gasteiger partial charge in [-0.3, -0.25) is 0 Å². The third-order valence-corrected chi connectivity index (χ3v) is 5.12. The zero-order chi connectivity index (χ0) is 18.1. The van der Waals surface area contributed by atoms with Gasteiger partial charge in [-0.05, 0) is 23.8 Å². The highest BCUT2D eigenvalue weighted by molar-refractivity contribution is 6.30. The van der Waals surface area contributed by atoms with Gasteiger partial charge in [0.2, 0.25) is 0 Å². The number of hydrogen-bond acceptors (Lipinski definition) is 4. The van der Waals surface area contributed by atoms with E-state index in [1.54, 1.807) is 0 Å². The SMILES string of the molecule is CC(C)c1nc2c(N3CCNCC3)ccnc2n1Cc1ccc(Cl)cc1. The van der Waals surface area contributed by atoms with E-state index in [9.17, 15) is 0 Å². The van der Waals surface area contributed by atoms with E-state index < -0.39 is 0 Å². The number of hydrogen-bond donors (Lipinski definition) is 1. The second-order valence-corrected chi connectivity index (χ2v) is 7.51. The minimum Gasteiger partial charge on any atom is -0.367 e. The van der Waals surface area contributed by atoms with Crippen LogP contribution in [0.2, 0.25) is 5.02 Å². The van der Waals surface area contributed by atoms with Gasteiger partial charge in [0.15, 0.2) is 5.65 Å². The van der Waals surface area contributed by atoms with E-state index >= 15 is 0 Å². The molecule has 2 aromatic heterocycles. The van der Waals surface area contributed by atoms with Crippen molar-refractivity contribution in [1.82, 2.24) is 19.9 Å². The number of piperazine rings is 1. The van der Waals surface area contributed by atoms with Crippen molar-refractivity contribution < 1.29 is 0 Å². The number of fused-ring (bicyclic) bond motifs is 1. The summed E-state index contributed by atoms with van der Waals surface area (Å²) in [5.41, 5.74) is 4.35. The first-order valence-electron chi connectivity index (χ1n) is 9.18. The molecule has 1 saturated heterocycles. The summed E-state index contributed by atoms with van der Waals surface area (Å²) in [7, 11) is 0. The van der Waals surface area contributed by atoms with Crippen molar-refractivity contribution in [3.05, 3.63) is 52.9 Å². The molecule has 1 aliphatic rings. The first-order chi connectivity index (χ1) is 12.6. The van der Waals surface area contributed by atoms with Gasteiger partial charge in [-0.15, -0.1) is 0 Å². The lowest BCUT2D eigenvalue weighted by Crippen LogP contribution is -2.43. The Bertz CT molecular complexity index is 894. The van der Waals surface area contributed by atoms with E-state index in [1.165, 1.54) is 11.3 Å². The summed E-state index contributed by atoms with van der Waals surface area (Å²) in [6, 6.07) is 10.1. The molecule has 3 aromatic rings. The van der Waals surface area contributed by atoms with Crippen LogP contribution in [0.4, 0.5) is 5.69 Å². The van der Waals surface area contributed by atoms with Crippen molar-refractivity contribution in [3.8, 4) is 0 Å². The molecular formula is C20H24ClN5. The fourth-order valence-electron chi connectivity index (χ4n) is 3.55. The highest BCUT2D eigenvalue weighted by Crippen LogP contribution is 2.29. The molecule has 0 radical (unpaired) electrons. The molecule has 0 amide bonds. The van der Waals surface area contributed by atoms with Gasteiger partial charge in [-0.1, -0.05) is 37.6 Å². The summed E-state index contributed by atoms with van der Waals surface area (Å²) in [5.74, 6) is 1.40. The highest BCUT2D eigenvalue weighted by atomic mass is 35.5. The van der Waals surface area contributed by atoms with E-state index in [2.05, 4.69) is 51.8 Å². The summed E-state index contributed by atoms with van der Waals surface area (Å²) in [5, 5.41) is 4.17. The van der Waals surface area contributed by atoms with Crippen LogP contribution in [0.5, 0.6) is 0 Å². The maximum Gasteiger partial charge on any atom is 0.162 e. The maximum atomic E-state index is 6.03. The van der Waals surface area contributed by atoms with E-state index in [0.717, 1.165) is 54.7 Å². The molecule has 1 aliphatic heterocycles. The van der Waals surface area contributed by atoms with Crippen LogP contribution in [-0.4, -0.2) is 40.7 Å². The lowest BCUT2D eigenvalue weighted by Gasteiger charge is -2.29. The molecule has 1 fully saturated rings. The summed E-state index contributed by atoms with van der Waals surface area (Å²) in [6.07, 6.45) is 1.91. The van der Waals surface area contributed by atoms with Crippen LogP contribution >= 0.6 is 11.6 Å². The van der Waals surface area contributed by atoms with E-state index in [-0.39, 0.29) is 0 Å². The molecule has 0 atom stereocenters. The van der Waals surface area contributed by atoms with Crippen molar-refractivity contribution in [1.29, 1.82) is 0 Å². The third-order valence-electron chi connectivity index (χ3n) is 4.87. The Labute approximate surface area is 159 Å². The van der Waals surface area contributed by atoms with Crippen molar-refractivity contribution in [2.45, 2.75) is 26.3 Å². The molecule has 6 heteroatoms. The van der Waals surface area contributed by atoms with Gasteiger partial charge in [0, 0.05) is 43.3 Å². The minimum atomic E-state index is 0.326. The first-order valence-corrected chi connectivity index (χ1v) is 9.56. The van der Waals surface area contributed by atoms with Crippen LogP contribution in [0.3, 0.4) is 0 Å². The van der Waals surface area contributed by atoms with Crippen LogP contribution in [0.25, 0.3) is 11.2 Å². The highest BCUT2D eigenvalue weighted by Gasteiger charge is 2.20. The molecule has 0 unspecified atom stereocenters. The standard InChI is InChI=1S/C20H24ClN5/c1-14(2)19-24-18-17(25-11-9-22-10-12-25)7-8-23-20(18)26(19)13-15-3-5-16(21)6-4-15/h3-8,14,22H,9-13H2,1-2H3. The van der Waals surface area contributed by atoms with Gasteiger partial charge in [-0.25, -0.2) is 9.97 Å². The average Bonchev–Trinajstić information content (AvgIpc) is 3.03. The zero-order valence-corrected chi connectivity index (χ0v) is 16.0. The third kappa shape index (κ3) is 3.29. The summed E-state index contributed by atoms with van der Waals surface area (Å²) >= 11 is 6.03. The van der Waals surface area contributed by atoms with Crippen molar-refractivity contribution in [2.75, 3.05) is 31.1 Å². The first kappa shape index (κ1) is 17.3. The number of benzene rings is 1. The van der Waals surface area contributed by atoms with Crippen LogP contribution in [0.1, 0.15) is 31.2 Å². The normalized spacial score (nSPS) is 15.2. The number of pyridine rings is 1. The second-order valence-electron chi connectivity index (χ2n) is 7.08. The van der Waals surface area contributed by atoms with Gasteiger partial charge in [0.1, 0.15) is 11.3 Å². The lowest BCUT2D eigenvalue weighted by molar-refractivity contribution is 0.590. The van der Waals surface area contributed by atoms with Gasteiger partial charge in [0.05, 0.1) is 12.2 Å². The smallest absolute Gasteiger partial charge is 0.162 e. The average molecular weight is 370 g/mol. The Morgan fingerprint density at radius 1 is 1.12 bits per heavy atom. The summed E-state index contributed by atoms with van der Waals surface area (Å²) < 4.78 is 2.24. The Balaban J connectivity index is 1.80. The molecule has 0 spiro atoms.